The Kier molecular flexibility index (Phi) is 2.10. The van der Waals surface area contributed by atoms with Crippen LogP contribution in [0, 0.1) is 0 Å². The molecule has 0 saturated carbocycles. The van der Waals surface area contributed by atoms with Gasteiger partial charge < -0.3 is 15.4 Å². The highest BCUT2D eigenvalue weighted by molar-refractivity contribution is 5.75. The maximum atomic E-state index is 10.3. The van der Waals surface area contributed by atoms with Crippen molar-refractivity contribution in [2.24, 2.45) is 0 Å². The van der Waals surface area contributed by atoms with Crippen LogP contribution in [0.25, 0.3) is 0 Å². The summed E-state index contributed by atoms with van der Waals surface area (Å²) in [6.45, 7) is 1.55. The van der Waals surface area contributed by atoms with Gasteiger partial charge >= 0.3 is 5.97 Å². The zero-order chi connectivity index (χ0) is 8.27. The van der Waals surface area contributed by atoms with Crippen molar-refractivity contribution < 1.29 is 9.90 Å². The molecule has 11 heavy (non-hydrogen) atoms. The zero-order valence-electron chi connectivity index (χ0n) is 6.03. The van der Waals surface area contributed by atoms with Crippen LogP contribution in [0.1, 0.15) is 6.92 Å². The third-order valence-electron chi connectivity index (χ3n) is 1.22. The van der Waals surface area contributed by atoms with Gasteiger partial charge in [-0.1, -0.05) is 0 Å². The van der Waals surface area contributed by atoms with Gasteiger partial charge in [-0.05, 0) is 6.92 Å². The minimum Gasteiger partial charge on any atom is -0.480 e. The van der Waals surface area contributed by atoms with Gasteiger partial charge in [-0.25, -0.2) is 4.98 Å². The first kappa shape index (κ1) is 7.59. The fourth-order valence-corrected chi connectivity index (χ4v) is 0.611. The molecule has 0 aliphatic carbocycles. The quantitative estimate of drug-likeness (QED) is 0.586. The number of nitrogens with one attached hydrogen (secondary N) is 2. The molecule has 3 N–H and O–H groups in total. The van der Waals surface area contributed by atoms with Crippen LogP contribution in [-0.4, -0.2) is 27.1 Å². The summed E-state index contributed by atoms with van der Waals surface area (Å²) < 4.78 is 0. The largest absolute Gasteiger partial charge is 0.480 e. The number of imidazole rings is 1. The van der Waals surface area contributed by atoms with Crippen LogP contribution < -0.4 is 5.32 Å². The number of aromatic nitrogens is 2. The van der Waals surface area contributed by atoms with E-state index < -0.39 is 12.0 Å². The van der Waals surface area contributed by atoms with E-state index in [1.807, 2.05) is 0 Å². The van der Waals surface area contributed by atoms with Crippen molar-refractivity contribution in [3.05, 3.63) is 12.4 Å². The summed E-state index contributed by atoms with van der Waals surface area (Å²) in [5.41, 5.74) is 0. The van der Waals surface area contributed by atoms with Crippen LogP contribution in [0.4, 0.5) is 5.95 Å². The Labute approximate surface area is 63.5 Å². The van der Waals surface area contributed by atoms with E-state index in [-0.39, 0.29) is 0 Å². The fourth-order valence-electron chi connectivity index (χ4n) is 0.611. The molecule has 0 aliphatic heterocycles. The van der Waals surface area contributed by atoms with Crippen molar-refractivity contribution in [2.45, 2.75) is 13.0 Å². The van der Waals surface area contributed by atoms with E-state index in [9.17, 15) is 4.79 Å². The highest BCUT2D eigenvalue weighted by Gasteiger charge is 2.10. The molecule has 0 saturated heterocycles. The molecule has 0 fully saturated rings. The molecule has 5 heteroatoms. The van der Waals surface area contributed by atoms with E-state index in [4.69, 9.17) is 5.11 Å². The Morgan fingerprint density at radius 2 is 2.64 bits per heavy atom. The van der Waals surface area contributed by atoms with Crippen LogP contribution >= 0.6 is 0 Å². The molecule has 0 spiro atoms. The third kappa shape index (κ3) is 1.96. The number of hydrogen-bond donors (Lipinski definition) is 3. The van der Waals surface area contributed by atoms with Gasteiger partial charge in [0.1, 0.15) is 6.04 Å². The SMILES string of the molecule is C[C@H](Nc1ncc[nH]1)C(=O)O. The predicted octanol–water partition coefficient (Wildman–Crippen LogP) is 0.295. The van der Waals surface area contributed by atoms with Gasteiger partial charge in [-0.15, -0.1) is 0 Å². The lowest BCUT2D eigenvalue weighted by atomic mass is 10.3. The summed E-state index contributed by atoms with van der Waals surface area (Å²) in [4.78, 5) is 16.9. The van der Waals surface area contributed by atoms with Gasteiger partial charge in [-0.3, -0.25) is 4.79 Å². The number of aliphatic carboxylic acids is 1. The van der Waals surface area contributed by atoms with E-state index >= 15 is 0 Å². The van der Waals surface area contributed by atoms with E-state index in [0.29, 0.717) is 5.95 Å². The van der Waals surface area contributed by atoms with Gasteiger partial charge in [0.25, 0.3) is 0 Å². The monoisotopic (exact) mass is 155 g/mol. The summed E-state index contributed by atoms with van der Waals surface area (Å²) in [6.07, 6.45) is 3.17. The van der Waals surface area contributed by atoms with Crippen molar-refractivity contribution in [1.29, 1.82) is 0 Å². The number of H-pyrrole nitrogens is 1. The van der Waals surface area contributed by atoms with Crippen LogP contribution in [0.2, 0.25) is 0 Å². The number of carboxylic acids is 1. The minimum atomic E-state index is -0.901. The van der Waals surface area contributed by atoms with Crippen LogP contribution in [0.5, 0.6) is 0 Å². The smallest absolute Gasteiger partial charge is 0.325 e. The number of carbonyl (C=O) groups is 1. The standard InChI is InChI=1S/C6H9N3O2/c1-4(5(10)11)9-6-7-2-3-8-6/h2-4H,1H3,(H,10,11)(H2,7,8,9)/t4-/m0/s1. The second-order valence-corrected chi connectivity index (χ2v) is 2.14. The average molecular weight is 155 g/mol. The van der Waals surface area contributed by atoms with E-state index in [1.54, 1.807) is 19.3 Å². The highest BCUT2D eigenvalue weighted by Crippen LogP contribution is 1.97. The average Bonchev–Trinajstić information content (AvgIpc) is 2.39. The van der Waals surface area contributed by atoms with Gasteiger partial charge in [0.2, 0.25) is 5.95 Å². The van der Waals surface area contributed by atoms with Gasteiger partial charge in [0.05, 0.1) is 0 Å². The van der Waals surface area contributed by atoms with Crippen molar-refractivity contribution in [3.63, 3.8) is 0 Å². The number of aromatic amines is 1. The molecule has 0 aliphatic rings. The van der Waals surface area contributed by atoms with Crippen molar-refractivity contribution in [3.8, 4) is 0 Å². The molecular formula is C6H9N3O2. The number of carboxylic acid groups (broad SMARTS) is 1. The summed E-state index contributed by atoms with van der Waals surface area (Å²) in [6, 6.07) is -0.624. The zero-order valence-corrected chi connectivity index (χ0v) is 6.03. The number of hydrogen-bond acceptors (Lipinski definition) is 3. The summed E-state index contributed by atoms with van der Waals surface area (Å²) in [5.74, 6) is -0.429. The molecule has 1 heterocycles. The lowest BCUT2D eigenvalue weighted by molar-refractivity contribution is -0.137. The lowest BCUT2D eigenvalue weighted by Gasteiger charge is -2.05. The molecule has 60 valence electrons. The Morgan fingerprint density at radius 1 is 1.91 bits per heavy atom. The van der Waals surface area contributed by atoms with Gasteiger partial charge in [-0.2, -0.15) is 0 Å². The molecular weight excluding hydrogens is 146 g/mol. The second-order valence-electron chi connectivity index (χ2n) is 2.14. The van der Waals surface area contributed by atoms with E-state index in [2.05, 4.69) is 15.3 Å². The molecule has 1 aromatic rings. The molecule has 0 unspecified atom stereocenters. The fraction of sp³-hybridized carbons (Fsp3) is 0.333. The Morgan fingerprint density at radius 3 is 3.09 bits per heavy atom. The Balaban J connectivity index is 2.50. The molecule has 0 aromatic carbocycles. The van der Waals surface area contributed by atoms with Crippen molar-refractivity contribution in [1.82, 2.24) is 9.97 Å². The number of rotatable bonds is 3. The van der Waals surface area contributed by atoms with Crippen LogP contribution in [0.15, 0.2) is 12.4 Å². The van der Waals surface area contributed by atoms with Gasteiger partial charge in [0, 0.05) is 12.4 Å². The van der Waals surface area contributed by atoms with Gasteiger partial charge in [0.15, 0.2) is 0 Å². The summed E-state index contributed by atoms with van der Waals surface area (Å²) in [7, 11) is 0. The normalized spacial score (nSPS) is 12.5. The Bertz CT molecular complexity index is 232. The third-order valence-corrected chi connectivity index (χ3v) is 1.22. The molecule has 1 rings (SSSR count). The molecule has 1 aromatic heterocycles. The summed E-state index contributed by atoms with van der Waals surface area (Å²) >= 11 is 0. The van der Waals surface area contributed by atoms with Crippen molar-refractivity contribution in [2.75, 3.05) is 5.32 Å². The molecule has 0 bridgehead atoms. The van der Waals surface area contributed by atoms with Crippen LogP contribution in [0.3, 0.4) is 0 Å². The maximum absolute atomic E-state index is 10.3. The van der Waals surface area contributed by atoms with E-state index in [0.717, 1.165) is 0 Å². The summed E-state index contributed by atoms with van der Waals surface area (Å²) in [5, 5.41) is 11.1. The first-order valence-corrected chi connectivity index (χ1v) is 3.19. The Hall–Kier alpha value is -1.52. The number of nitrogens with zero attached hydrogens (tertiary/aromatic N) is 1. The topological polar surface area (TPSA) is 78.0 Å². The van der Waals surface area contributed by atoms with Crippen molar-refractivity contribution >= 4 is 11.9 Å². The predicted molar refractivity (Wildman–Crippen MR) is 39.3 cm³/mol. The lowest BCUT2D eigenvalue weighted by Crippen LogP contribution is -2.25. The minimum absolute atomic E-state index is 0.472. The first-order valence-electron chi connectivity index (χ1n) is 3.19. The number of anilines is 1. The molecule has 5 nitrogen and oxygen atoms in total. The first-order chi connectivity index (χ1) is 5.20. The highest BCUT2D eigenvalue weighted by atomic mass is 16.4. The van der Waals surface area contributed by atoms with E-state index in [1.165, 1.54) is 0 Å². The maximum Gasteiger partial charge on any atom is 0.325 e. The van der Waals surface area contributed by atoms with Crippen LogP contribution in [-0.2, 0) is 4.79 Å². The molecule has 0 radical (unpaired) electrons. The molecule has 1 atom stereocenters. The second kappa shape index (κ2) is 3.05. The molecule has 0 amide bonds.